The van der Waals surface area contributed by atoms with E-state index in [1.165, 1.54) is 32.2 Å². The predicted molar refractivity (Wildman–Crippen MR) is 64.2 cm³/mol. The summed E-state index contributed by atoms with van der Waals surface area (Å²) in [6.45, 7) is 4.54. The molecular weight excluding hydrogens is 198 g/mol. The van der Waals surface area contributed by atoms with Crippen LogP contribution in [0, 0.1) is 17.8 Å². The number of carbonyl (C=O) groups is 1. The topological polar surface area (TPSA) is 20.3 Å². The van der Waals surface area contributed by atoms with Crippen molar-refractivity contribution in [3.05, 3.63) is 0 Å². The van der Waals surface area contributed by atoms with E-state index in [0.717, 1.165) is 37.1 Å². The molecule has 2 aliphatic carbocycles. The van der Waals surface area contributed by atoms with Crippen LogP contribution in [-0.2, 0) is 4.79 Å². The van der Waals surface area contributed by atoms with E-state index in [9.17, 15) is 4.79 Å². The van der Waals surface area contributed by atoms with Crippen LogP contribution in [-0.4, -0.2) is 29.8 Å². The molecule has 0 aromatic heterocycles. The number of likely N-dealkylation sites (tertiary alicyclic amines) is 1. The summed E-state index contributed by atoms with van der Waals surface area (Å²) in [5.74, 6) is 3.52. The van der Waals surface area contributed by atoms with E-state index in [0.29, 0.717) is 11.8 Å². The van der Waals surface area contributed by atoms with Gasteiger partial charge in [0.05, 0.1) is 0 Å². The van der Waals surface area contributed by atoms with Crippen LogP contribution in [0.3, 0.4) is 0 Å². The smallest absolute Gasteiger partial charge is 0.135 e. The lowest BCUT2D eigenvalue weighted by molar-refractivity contribution is -0.123. The summed E-state index contributed by atoms with van der Waals surface area (Å²) in [6.07, 6.45) is 7.49. The highest BCUT2D eigenvalue weighted by Gasteiger charge is 2.42. The van der Waals surface area contributed by atoms with Gasteiger partial charge in [-0.2, -0.15) is 0 Å². The minimum Gasteiger partial charge on any atom is -0.300 e. The van der Waals surface area contributed by atoms with Crippen molar-refractivity contribution in [1.82, 2.24) is 4.90 Å². The van der Waals surface area contributed by atoms with Crippen molar-refractivity contribution in [2.24, 2.45) is 17.8 Å². The third-order valence-corrected chi connectivity index (χ3v) is 4.72. The predicted octanol–water partition coefficient (Wildman–Crippen LogP) is 2.48. The maximum Gasteiger partial charge on any atom is 0.135 e. The number of nitrogens with zero attached hydrogens (tertiary/aromatic N) is 1. The molecule has 3 fully saturated rings. The lowest BCUT2D eigenvalue weighted by atomic mass is 9.94. The molecule has 1 heterocycles. The fraction of sp³-hybridized carbons (Fsp3) is 0.929. The van der Waals surface area contributed by atoms with Gasteiger partial charge in [0.15, 0.2) is 0 Å². The second-order valence-corrected chi connectivity index (χ2v) is 6.18. The maximum atomic E-state index is 11.4. The number of ketones is 1. The summed E-state index contributed by atoms with van der Waals surface area (Å²) < 4.78 is 0. The summed E-state index contributed by atoms with van der Waals surface area (Å²) in [6, 6.07) is 0.501. The number of piperidine rings is 1. The Balaban J connectivity index is 1.57. The highest BCUT2D eigenvalue weighted by Crippen LogP contribution is 2.49. The fourth-order valence-corrected chi connectivity index (χ4v) is 3.32. The van der Waals surface area contributed by atoms with Gasteiger partial charge in [0.25, 0.3) is 0 Å². The first-order chi connectivity index (χ1) is 7.74. The van der Waals surface area contributed by atoms with Crippen molar-refractivity contribution < 1.29 is 4.79 Å². The molecule has 0 spiro atoms. The monoisotopic (exact) mass is 221 g/mol. The molecule has 16 heavy (non-hydrogen) atoms. The molecule has 1 saturated heterocycles. The van der Waals surface area contributed by atoms with E-state index in [-0.39, 0.29) is 0 Å². The Bertz CT molecular complexity index is 268. The number of hydrogen-bond donors (Lipinski definition) is 0. The summed E-state index contributed by atoms with van der Waals surface area (Å²) >= 11 is 0. The third-order valence-electron chi connectivity index (χ3n) is 4.72. The van der Waals surface area contributed by atoms with Crippen LogP contribution in [0.15, 0.2) is 0 Å². The minimum absolute atomic E-state index is 0.471. The van der Waals surface area contributed by atoms with Crippen molar-refractivity contribution in [3.63, 3.8) is 0 Å². The van der Waals surface area contributed by atoms with E-state index in [2.05, 4.69) is 11.8 Å². The molecule has 0 N–H and O–H groups in total. The van der Waals surface area contributed by atoms with Gasteiger partial charge in [0, 0.05) is 32.0 Å². The van der Waals surface area contributed by atoms with Crippen LogP contribution in [0.4, 0.5) is 0 Å². The Labute approximate surface area is 98.4 Å². The maximum absolute atomic E-state index is 11.4. The molecule has 1 aliphatic heterocycles. The van der Waals surface area contributed by atoms with Crippen LogP contribution in [0.5, 0.6) is 0 Å². The molecule has 2 saturated carbocycles. The van der Waals surface area contributed by atoms with Crippen LogP contribution in [0.25, 0.3) is 0 Å². The summed E-state index contributed by atoms with van der Waals surface area (Å²) in [5, 5.41) is 0. The van der Waals surface area contributed by atoms with Gasteiger partial charge in [0.2, 0.25) is 0 Å². The van der Waals surface area contributed by atoms with Gasteiger partial charge in [-0.1, -0.05) is 0 Å². The normalized spacial score (nSPS) is 32.4. The average Bonchev–Trinajstić information content (AvgIpc) is 3.11. The van der Waals surface area contributed by atoms with E-state index in [1.807, 2.05) is 0 Å². The average molecular weight is 221 g/mol. The molecule has 3 aliphatic rings. The van der Waals surface area contributed by atoms with E-state index in [4.69, 9.17) is 0 Å². The van der Waals surface area contributed by atoms with E-state index >= 15 is 0 Å². The first kappa shape index (κ1) is 10.8. The van der Waals surface area contributed by atoms with Crippen molar-refractivity contribution in [2.45, 2.75) is 51.5 Å². The molecule has 0 aromatic rings. The summed E-state index contributed by atoms with van der Waals surface area (Å²) in [5.41, 5.74) is 0. The molecule has 0 aromatic carbocycles. The number of carbonyl (C=O) groups excluding carboxylic acids is 1. The quantitative estimate of drug-likeness (QED) is 0.727. The molecule has 3 rings (SSSR count). The molecular formula is C14H23NO. The number of hydrogen-bond acceptors (Lipinski definition) is 2. The second kappa shape index (κ2) is 4.14. The van der Waals surface area contributed by atoms with Gasteiger partial charge in [-0.05, 0) is 50.4 Å². The zero-order chi connectivity index (χ0) is 11.1. The van der Waals surface area contributed by atoms with Crippen molar-refractivity contribution in [2.75, 3.05) is 13.1 Å². The van der Waals surface area contributed by atoms with E-state index in [1.54, 1.807) is 0 Å². The molecule has 0 amide bonds. The fourth-order valence-electron chi connectivity index (χ4n) is 3.32. The van der Waals surface area contributed by atoms with Gasteiger partial charge in [-0.15, -0.1) is 0 Å². The molecule has 1 atom stereocenters. The molecule has 2 nitrogen and oxygen atoms in total. The molecule has 0 radical (unpaired) electrons. The minimum atomic E-state index is 0.471. The first-order valence-electron chi connectivity index (χ1n) is 7.00. The molecule has 1 unspecified atom stereocenters. The highest BCUT2D eigenvalue weighted by atomic mass is 16.1. The van der Waals surface area contributed by atoms with Crippen molar-refractivity contribution >= 4 is 5.78 Å². The van der Waals surface area contributed by atoms with Gasteiger partial charge >= 0.3 is 0 Å². The van der Waals surface area contributed by atoms with Gasteiger partial charge in [-0.25, -0.2) is 0 Å². The Hall–Kier alpha value is -0.370. The molecule has 2 heteroatoms. The van der Waals surface area contributed by atoms with Crippen LogP contribution < -0.4 is 0 Å². The Morgan fingerprint density at radius 2 is 1.88 bits per heavy atom. The Morgan fingerprint density at radius 1 is 1.25 bits per heavy atom. The van der Waals surface area contributed by atoms with Gasteiger partial charge in [0.1, 0.15) is 5.78 Å². The van der Waals surface area contributed by atoms with E-state index < -0.39 is 0 Å². The lowest BCUT2D eigenvalue weighted by Crippen LogP contribution is -2.44. The standard InChI is InChI=1S/C14H23NO/c1-10-8-13(16)6-7-15(10)9-14(11-2-3-11)12-4-5-12/h10-12,14H,2-9H2,1H3. The second-order valence-electron chi connectivity index (χ2n) is 6.18. The largest absolute Gasteiger partial charge is 0.300 e. The number of rotatable bonds is 4. The zero-order valence-corrected chi connectivity index (χ0v) is 10.3. The third kappa shape index (κ3) is 2.32. The zero-order valence-electron chi connectivity index (χ0n) is 10.3. The first-order valence-corrected chi connectivity index (χ1v) is 7.00. The Morgan fingerprint density at radius 3 is 2.38 bits per heavy atom. The van der Waals surface area contributed by atoms with Crippen molar-refractivity contribution in [1.29, 1.82) is 0 Å². The number of Topliss-reactive ketones (excluding diaryl/α,β-unsaturated/α-hetero) is 1. The van der Waals surface area contributed by atoms with Gasteiger partial charge in [-0.3, -0.25) is 9.69 Å². The lowest BCUT2D eigenvalue weighted by Gasteiger charge is -2.35. The van der Waals surface area contributed by atoms with Crippen LogP contribution in [0.1, 0.15) is 45.4 Å². The molecule has 90 valence electrons. The highest BCUT2D eigenvalue weighted by molar-refractivity contribution is 5.79. The van der Waals surface area contributed by atoms with Crippen LogP contribution in [0.2, 0.25) is 0 Å². The molecule has 0 bridgehead atoms. The van der Waals surface area contributed by atoms with Crippen LogP contribution >= 0.6 is 0 Å². The van der Waals surface area contributed by atoms with Crippen molar-refractivity contribution in [3.8, 4) is 0 Å². The van der Waals surface area contributed by atoms with Gasteiger partial charge < -0.3 is 0 Å². The summed E-state index contributed by atoms with van der Waals surface area (Å²) in [4.78, 5) is 14.0. The SMILES string of the molecule is CC1CC(=O)CCN1CC(C1CC1)C1CC1. The Kier molecular flexibility index (Phi) is 2.78. The summed E-state index contributed by atoms with van der Waals surface area (Å²) in [7, 11) is 0.